The van der Waals surface area contributed by atoms with Crippen LogP contribution in [0.15, 0.2) is 16.7 Å². The van der Waals surface area contributed by atoms with E-state index in [1.54, 1.807) is 6.07 Å². The monoisotopic (exact) mass is 340 g/mol. The van der Waals surface area contributed by atoms with Crippen molar-refractivity contribution in [1.82, 2.24) is 9.47 Å². The summed E-state index contributed by atoms with van der Waals surface area (Å²) < 4.78 is 2.77. The number of hydrogen-bond donors (Lipinski definition) is 0. The molecule has 1 aliphatic heterocycles. The number of carbonyl (C=O) groups excluding carboxylic acids is 2. The minimum absolute atomic E-state index is 0.0543. The predicted molar refractivity (Wildman–Crippen MR) is 81.5 cm³/mol. The summed E-state index contributed by atoms with van der Waals surface area (Å²) in [7, 11) is 0. The van der Waals surface area contributed by atoms with Crippen molar-refractivity contribution in [2.24, 2.45) is 11.8 Å². The van der Waals surface area contributed by atoms with Crippen molar-refractivity contribution < 1.29 is 9.59 Å². The van der Waals surface area contributed by atoms with Crippen molar-refractivity contribution >= 4 is 27.7 Å². The van der Waals surface area contributed by atoms with Gasteiger partial charge in [0.05, 0.1) is 0 Å². The first-order valence-electron chi connectivity index (χ1n) is 7.03. The van der Waals surface area contributed by atoms with Crippen LogP contribution in [0.3, 0.4) is 0 Å². The highest BCUT2D eigenvalue weighted by atomic mass is 79.9. The van der Waals surface area contributed by atoms with Crippen LogP contribution in [0.5, 0.6) is 0 Å². The molecule has 2 amide bonds. The van der Waals surface area contributed by atoms with Gasteiger partial charge < -0.3 is 4.57 Å². The molecule has 1 saturated heterocycles. The first kappa shape index (κ1) is 15.3. The smallest absolute Gasteiger partial charge is 0.277 e. The van der Waals surface area contributed by atoms with E-state index in [1.165, 1.54) is 4.90 Å². The molecular formula is C15H21BrN2O2. The molecule has 1 unspecified atom stereocenters. The van der Waals surface area contributed by atoms with Crippen LogP contribution in [-0.4, -0.2) is 27.8 Å². The summed E-state index contributed by atoms with van der Waals surface area (Å²) in [5.41, 5.74) is 0.574. The Balaban J connectivity index is 2.26. The van der Waals surface area contributed by atoms with Crippen LogP contribution in [0.2, 0.25) is 0 Å². The minimum atomic E-state index is -0.183. The van der Waals surface area contributed by atoms with Gasteiger partial charge in [-0.15, -0.1) is 0 Å². The molecule has 2 heterocycles. The molecule has 4 nitrogen and oxygen atoms in total. The highest BCUT2D eigenvalue weighted by molar-refractivity contribution is 9.10. The van der Waals surface area contributed by atoms with Gasteiger partial charge in [-0.25, -0.2) is 0 Å². The Hall–Kier alpha value is -1.10. The van der Waals surface area contributed by atoms with E-state index in [-0.39, 0.29) is 23.8 Å². The van der Waals surface area contributed by atoms with Gasteiger partial charge in [-0.3, -0.25) is 14.5 Å². The molecule has 0 radical (unpaired) electrons. The molecule has 0 aliphatic carbocycles. The van der Waals surface area contributed by atoms with Gasteiger partial charge in [0.25, 0.3) is 5.91 Å². The van der Waals surface area contributed by atoms with E-state index in [0.717, 1.165) is 4.47 Å². The zero-order valence-electron chi connectivity index (χ0n) is 12.4. The van der Waals surface area contributed by atoms with Crippen LogP contribution < -0.4 is 0 Å². The van der Waals surface area contributed by atoms with E-state index in [9.17, 15) is 9.59 Å². The van der Waals surface area contributed by atoms with Crippen LogP contribution in [0.1, 0.15) is 50.6 Å². The molecule has 0 aromatic carbocycles. The molecule has 0 N–H and O–H groups in total. The summed E-state index contributed by atoms with van der Waals surface area (Å²) in [4.78, 5) is 26.1. The normalized spacial score (nSPS) is 19.4. The second-order valence-corrected chi connectivity index (χ2v) is 6.98. The van der Waals surface area contributed by atoms with Crippen LogP contribution >= 0.6 is 15.9 Å². The molecule has 1 aliphatic rings. The number of hydrogen-bond acceptors (Lipinski definition) is 2. The zero-order chi connectivity index (χ0) is 15.0. The van der Waals surface area contributed by atoms with Crippen LogP contribution in [0.4, 0.5) is 0 Å². The second kappa shape index (κ2) is 5.72. The number of nitrogens with zero attached hydrogens (tertiary/aromatic N) is 2. The maximum absolute atomic E-state index is 12.6. The molecular weight excluding hydrogens is 320 g/mol. The van der Waals surface area contributed by atoms with Gasteiger partial charge in [-0.1, -0.05) is 13.8 Å². The van der Waals surface area contributed by atoms with Gasteiger partial charge >= 0.3 is 0 Å². The van der Waals surface area contributed by atoms with Crippen molar-refractivity contribution in [2.75, 3.05) is 6.54 Å². The van der Waals surface area contributed by atoms with Gasteiger partial charge in [-0.2, -0.15) is 0 Å². The van der Waals surface area contributed by atoms with Crippen molar-refractivity contribution in [2.45, 2.75) is 40.2 Å². The summed E-state index contributed by atoms with van der Waals surface area (Å²) in [6, 6.07) is 1.97. The van der Waals surface area contributed by atoms with Gasteiger partial charge in [0.2, 0.25) is 5.91 Å². The first-order chi connectivity index (χ1) is 9.31. The molecule has 1 atom stereocenters. The summed E-state index contributed by atoms with van der Waals surface area (Å²) in [6.45, 7) is 8.77. The van der Waals surface area contributed by atoms with Crippen molar-refractivity contribution in [1.29, 1.82) is 0 Å². The lowest BCUT2D eigenvalue weighted by Gasteiger charge is -2.19. The fraction of sp³-hybridized carbons (Fsp3) is 0.600. The van der Waals surface area contributed by atoms with Crippen molar-refractivity contribution in [3.8, 4) is 0 Å². The predicted octanol–water partition coefficient (Wildman–Crippen LogP) is 3.48. The molecule has 0 spiro atoms. The molecule has 5 heteroatoms. The average molecular weight is 341 g/mol. The number of halogens is 1. The number of imide groups is 1. The van der Waals surface area contributed by atoms with Gasteiger partial charge in [0.1, 0.15) is 5.69 Å². The van der Waals surface area contributed by atoms with E-state index in [0.29, 0.717) is 24.6 Å². The SMILES string of the molecule is CC(C)C1CC(=O)N(C(=O)c2cc(Br)cn2C(C)C)C1. The molecule has 2 rings (SSSR count). The van der Waals surface area contributed by atoms with Gasteiger partial charge in [0.15, 0.2) is 0 Å². The Morgan fingerprint density at radius 2 is 2.00 bits per heavy atom. The van der Waals surface area contributed by atoms with Crippen molar-refractivity contribution in [3.63, 3.8) is 0 Å². The lowest BCUT2D eigenvalue weighted by Crippen LogP contribution is -2.34. The van der Waals surface area contributed by atoms with E-state index in [2.05, 4.69) is 29.8 Å². The fourth-order valence-electron chi connectivity index (χ4n) is 2.56. The Bertz CT molecular complexity index is 534. The van der Waals surface area contributed by atoms with E-state index in [1.807, 2.05) is 24.6 Å². The van der Waals surface area contributed by atoms with Crippen LogP contribution in [-0.2, 0) is 4.79 Å². The summed E-state index contributed by atoms with van der Waals surface area (Å²) in [6.07, 6.45) is 2.37. The van der Waals surface area contributed by atoms with E-state index < -0.39 is 0 Å². The summed E-state index contributed by atoms with van der Waals surface area (Å²) in [5, 5.41) is 0. The van der Waals surface area contributed by atoms with Crippen LogP contribution in [0.25, 0.3) is 0 Å². The highest BCUT2D eigenvalue weighted by Gasteiger charge is 2.36. The maximum Gasteiger partial charge on any atom is 0.277 e. The third-order valence-corrected chi connectivity index (χ3v) is 4.37. The Morgan fingerprint density at radius 1 is 1.35 bits per heavy atom. The zero-order valence-corrected chi connectivity index (χ0v) is 14.0. The number of rotatable bonds is 3. The number of amides is 2. The molecule has 0 bridgehead atoms. The topological polar surface area (TPSA) is 42.3 Å². The molecule has 1 aromatic rings. The molecule has 0 saturated carbocycles. The third kappa shape index (κ3) is 2.82. The lowest BCUT2D eigenvalue weighted by molar-refractivity contribution is -0.125. The lowest BCUT2D eigenvalue weighted by atomic mass is 9.95. The van der Waals surface area contributed by atoms with E-state index in [4.69, 9.17) is 0 Å². The Labute approximate surface area is 128 Å². The molecule has 1 fully saturated rings. The average Bonchev–Trinajstić information content (AvgIpc) is 2.92. The Kier molecular flexibility index (Phi) is 4.37. The fourth-order valence-corrected chi connectivity index (χ4v) is 3.00. The largest absolute Gasteiger partial charge is 0.340 e. The van der Waals surface area contributed by atoms with Crippen LogP contribution in [0, 0.1) is 11.8 Å². The number of carbonyl (C=O) groups is 2. The quantitative estimate of drug-likeness (QED) is 0.790. The number of aromatic nitrogens is 1. The highest BCUT2D eigenvalue weighted by Crippen LogP contribution is 2.28. The second-order valence-electron chi connectivity index (χ2n) is 6.06. The molecule has 110 valence electrons. The first-order valence-corrected chi connectivity index (χ1v) is 7.82. The summed E-state index contributed by atoms with van der Waals surface area (Å²) >= 11 is 3.40. The molecule has 20 heavy (non-hydrogen) atoms. The minimum Gasteiger partial charge on any atom is -0.340 e. The van der Waals surface area contributed by atoms with Gasteiger partial charge in [-0.05, 0) is 47.7 Å². The molecule has 1 aromatic heterocycles. The summed E-state index contributed by atoms with van der Waals surface area (Å²) in [5.74, 6) is 0.455. The standard InChI is InChI=1S/C15H21BrN2O2/c1-9(2)11-5-14(19)18(7-11)15(20)13-6-12(16)8-17(13)10(3)4/h6,8-11H,5,7H2,1-4H3. The van der Waals surface area contributed by atoms with Gasteiger partial charge in [0, 0.05) is 29.7 Å². The van der Waals surface area contributed by atoms with E-state index >= 15 is 0 Å². The number of likely N-dealkylation sites (tertiary alicyclic amines) is 1. The Morgan fingerprint density at radius 3 is 2.50 bits per heavy atom. The van der Waals surface area contributed by atoms with Crippen molar-refractivity contribution in [3.05, 3.63) is 22.4 Å². The maximum atomic E-state index is 12.6. The third-order valence-electron chi connectivity index (χ3n) is 3.93.